The molecule has 2 heterocycles. The molecule has 3 fully saturated rings. The minimum absolute atomic E-state index is 0.0714. The number of imidazole rings is 1. The van der Waals surface area contributed by atoms with E-state index >= 15 is 0 Å². The molecule has 7 nitrogen and oxygen atoms in total. The van der Waals surface area contributed by atoms with Gasteiger partial charge in [-0.15, -0.1) is 0 Å². The van der Waals surface area contributed by atoms with Crippen LogP contribution in [0.1, 0.15) is 63.5 Å². The van der Waals surface area contributed by atoms with Crippen LogP contribution in [0.2, 0.25) is 0 Å². The van der Waals surface area contributed by atoms with Crippen LogP contribution in [0.5, 0.6) is 0 Å². The molecule has 2 saturated carbocycles. The first-order valence-corrected chi connectivity index (χ1v) is 15.1. The highest BCUT2D eigenvalue weighted by molar-refractivity contribution is 7.89. The number of nitrogens with one attached hydrogen (secondary N) is 1. The molecule has 0 radical (unpaired) electrons. The first-order chi connectivity index (χ1) is 17.2. The Morgan fingerprint density at radius 1 is 1.14 bits per heavy atom. The van der Waals surface area contributed by atoms with E-state index in [4.69, 9.17) is 0 Å². The van der Waals surface area contributed by atoms with Crippen LogP contribution < -0.4 is 5.32 Å². The van der Waals surface area contributed by atoms with Gasteiger partial charge in [0, 0.05) is 36.9 Å². The molecule has 194 valence electrons. The molecule has 3 aliphatic carbocycles. The summed E-state index contributed by atoms with van der Waals surface area (Å²) in [5, 5.41) is 3.25. The number of nitrogens with zero attached hydrogens (tertiary/aromatic N) is 3. The summed E-state index contributed by atoms with van der Waals surface area (Å²) in [5.41, 5.74) is 2.45. The van der Waals surface area contributed by atoms with Crippen LogP contribution >= 0.6 is 0 Å². The summed E-state index contributed by atoms with van der Waals surface area (Å²) < 4.78 is 31.4. The van der Waals surface area contributed by atoms with Gasteiger partial charge in [-0.2, -0.15) is 0 Å². The lowest BCUT2D eigenvalue weighted by atomic mass is 9.69. The highest BCUT2D eigenvalue weighted by Crippen LogP contribution is 2.66. The van der Waals surface area contributed by atoms with Crippen LogP contribution in [0.4, 0.5) is 0 Å². The highest BCUT2D eigenvalue weighted by Gasteiger charge is 2.66. The first-order valence-electron chi connectivity index (χ1n) is 13.5. The molecule has 1 saturated heterocycles. The minimum atomic E-state index is -3.46. The number of piperidine rings is 1. The average Bonchev–Trinajstić information content (AvgIpc) is 3.57. The number of benzene rings is 1. The average molecular weight is 511 g/mol. The van der Waals surface area contributed by atoms with Crippen molar-refractivity contribution < 1.29 is 13.2 Å². The first kappa shape index (κ1) is 24.2. The molecule has 8 heteroatoms. The van der Waals surface area contributed by atoms with E-state index in [1.165, 1.54) is 11.1 Å². The van der Waals surface area contributed by atoms with Crippen molar-refractivity contribution in [3.63, 3.8) is 0 Å². The molecule has 3 atom stereocenters. The van der Waals surface area contributed by atoms with Crippen molar-refractivity contribution in [3.8, 4) is 0 Å². The lowest BCUT2D eigenvalue weighted by molar-refractivity contribution is -0.123. The van der Waals surface area contributed by atoms with E-state index in [1.54, 1.807) is 27.6 Å². The standard InChI is InChI=1S/C28H38N4O3S/c1-26(2)22-8-10-28(26,24(17-22)30-25(33)18-31-16-13-29-20-31)19-36(34,35)32-14-11-27(12-15-32)9-7-21-5-3-4-6-23(21)27/h3-6,13,16,20,22,24H,7-12,14-15,17-19H2,1-2H3,(H,30,33)/t22-,24+,28-/m1/s1. The summed E-state index contributed by atoms with van der Waals surface area (Å²) in [6.45, 7) is 5.84. The predicted octanol–water partition coefficient (Wildman–Crippen LogP) is 3.50. The second-order valence-electron chi connectivity index (χ2n) is 12.3. The molecule has 1 spiro atoms. The van der Waals surface area contributed by atoms with Gasteiger partial charge in [0.15, 0.2) is 0 Å². The molecule has 36 heavy (non-hydrogen) atoms. The molecule has 2 aromatic rings. The second kappa shape index (κ2) is 8.42. The summed E-state index contributed by atoms with van der Waals surface area (Å²) in [7, 11) is -3.46. The zero-order chi connectivity index (χ0) is 25.2. The summed E-state index contributed by atoms with van der Waals surface area (Å²) in [4.78, 5) is 16.9. The number of sulfonamides is 1. The van der Waals surface area contributed by atoms with Crippen LogP contribution in [0.3, 0.4) is 0 Å². The van der Waals surface area contributed by atoms with Crippen molar-refractivity contribution in [1.29, 1.82) is 0 Å². The Kier molecular flexibility index (Phi) is 5.65. The van der Waals surface area contributed by atoms with Crippen molar-refractivity contribution in [2.24, 2.45) is 16.7 Å². The van der Waals surface area contributed by atoms with Crippen LogP contribution in [0.15, 0.2) is 43.0 Å². The van der Waals surface area contributed by atoms with Crippen LogP contribution in [-0.4, -0.2) is 53.1 Å². The Balaban J connectivity index is 1.19. The Labute approximate surface area is 214 Å². The smallest absolute Gasteiger partial charge is 0.240 e. The van der Waals surface area contributed by atoms with Crippen molar-refractivity contribution in [1.82, 2.24) is 19.2 Å². The third-order valence-electron chi connectivity index (χ3n) is 10.6. The normalized spacial score (nSPS) is 30.5. The number of carbonyl (C=O) groups is 1. The number of hydrogen-bond acceptors (Lipinski definition) is 4. The number of fused-ring (bicyclic) bond motifs is 4. The van der Waals surface area contributed by atoms with Crippen LogP contribution in [0.25, 0.3) is 0 Å². The van der Waals surface area contributed by atoms with Crippen molar-refractivity contribution in [2.45, 2.75) is 76.8 Å². The molecule has 1 aliphatic heterocycles. The molecule has 4 aliphatic rings. The monoisotopic (exact) mass is 510 g/mol. The quantitative estimate of drug-likeness (QED) is 0.645. The maximum absolute atomic E-state index is 13.9. The fraction of sp³-hybridized carbons (Fsp3) is 0.643. The van der Waals surface area contributed by atoms with E-state index < -0.39 is 15.4 Å². The maximum Gasteiger partial charge on any atom is 0.240 e. The lowest BCUT2D eigenvalue weighted by Crippen LogP contribution is -2.55. The van der Waals surface area contributed by atoms with Crippen molar-refractivity contribution >= 4 is 15.9 Å². The fourth-order valence-corrected chi connectivity index (χ4v) is 10.6. The van der Waals surface area contributed by atoms with Crippen LogP contribution in [-0.2, 0) is 33.2 Å². The van der Waals surface area contributed by atoms with E-state index in [0.29, 0.717) is 19.0 Å². The molecule has 1 N–H and O–H groups in total. The minimum Gasteiger partial charge on any atom is -0.351 e. The highest BCUT2D eigenvalue weighted by atomic mass is 32.2. The number of amides is 1. The third-order valence-corrected chi connectivity index (χ3v) is 12.7. The molecule has 1 aromatic heterocycles. The molecular formula is C28H38N4O3S. The number of hydrogen-bond donors (Lipinski definition) is 1. The molecular weight excluding hydrogens is 472 g/mol. The lowest BCUT2D eigenvalue weighted by Gasteiger charge is -2.45. The molecule has 1 amide bonds. The van der Waals surface area contributed by atoms with Gasteiger partial charge in [-0.05, 0) is 72.8 Å². The van der Waals surface area contributed by atoms with Gasteiger partial charge in [0.05, 0.1) is 12.1 Å². The second-order valence-corrected chi connectivity index (χ2v) is 14.3. The van der Waals surface area contributed by atoms with Gasteiger partial charge in [-0.3, -0.25) is 4.79 Å². The zero-order valence-corrected chi connectivity index (χ0v) is 22.3. The van der Waals surface area contributed by atoms with E-state index in [1.807, 2.05) is 0 Å². The summed E-state index contributed by atoms with van der Waals surface area (Å²) in [6, 6.07) is 8.59. The summed E-state index contributed by atoms with van der Waals surface area (Å²) >= 11 is 0. The van der Waals surface area contributed by atoms with E-state index in [2.05, 4.69) is 48.4 Å². The van der Waals surface area contributed by atoms with Gasteiger partial charge >= 0.3 is 0 Å². The van der Waals surface area contributed by atoms with Gasteiger partial charge in [0.2, 0.25) is 15.9 Å². The molecule has 1 aromatic carbocycles. The molecule has 0 unspecified atom stereocenters. The number of rotatable bonds is 6. The number of carbonyl (C=O) groups excluding carboxylic acids is 1. The van der Waals surface area contributed by atoms with Gasteiger partial charge < -0.3 is 9.88 Å². The van der Waals surface area contributed by atoms with Crippen molar-refractivity contribution in [3.05, 3.63) is 54.1 Å². The largest absolute Gasteiger partial charge is 0.351 e. The van der Waals surface area contributed by atoms with Gasteiger partial charge in [0.1, 0.15) is 6.54 Å². The Bertz CT molecular complexity index is 1250. The molecule has 2 bridgehead atoms. The SMILES string of the molecule is CC1(C)[C@@H]2CC[C@@]1(CS(=O)(=O)N1CCC3(CCc4ccccc43)CC1)[C@@H](NC(=O)Cn1ccnc1)C2. The van der Waals surface area contributed by atoms with Crippen molar-refractivity contribution in [2.75, 3.05) is 18.8 Å². The maximum atomic E-state index is 13.9. The van der Waals surface area contributed by atoms with Gasteiger partial charge in [0.25, 0.3) is 0 Å². The van der Waals surface area contributed by atoms with Gasteiger partial charge in [-0.25, -0.2) is 17.7 Å². The van der Waals surface area contributed by atoms with E-state index in [9.17, 15) is 13.2 Å². The topological polar surface area (TPSA) is 84.3 Å². The van der Waals surface area contributed by atoms with E-state index in [0.717, 1.165) is 44.9 Å². The predicted molar refractivity (Wildman–Crippen MR) is 139 cm³/mol. The Morgan fingerprint density at radius 2 is 1.92 bits per heavy atom. The Hall–Kier alpha value is -2.19. The molecule has 6 rings (SSSR count). The fourth-order valence-electron chi connectivity index (χ4n) is 8.30. The summed E-state index contributed by atoms with van der Waals surface area (Å²) in [6.07, 6.45) is 11.8. The van der Waals surface area contributed by atoms with Gasteiger partial charge in [-0.1, -0.05) is 38.1 Å². The number of aryl methyl sites for hydroxylation is 1. The van der Waals surface area contributed by atoms with Crippen LogP contribution in [0, 0.1) is 16.7 Å². The third kappa shape index (κ3) is 3.66. The Morgan fingerprint density at radius 3 is 2.64 bits per heavy atom. The number of aromatic nitrogens is 2. The summed E-state index contributed by atoms with van der Waals surface area (Å²) in [5.74, 6) is 0.493. The van der Waals surface area contributed by atoms with E-state index in [-0.39, 0.29) is 35.1 Å². The zero-order valence-electron chi connectivity index (χ0n) is 21.4.